The van der Waals surface area contributed by atoms with E-state index in [-0.39, 0.29) is 91.2 Å². The van der Waals surface area contributed by atoms with Crippen molar-refractivity contribution in [1.82, 2.24) is 9.55 Å². The van der Waals surface area contributed by atoms with Crippen LogP contribution in [-0.4, -0.2) is 9.55 Å². The van der Waals surface area contributed by atoms with Crippen LogP contribution in [0.5, 0.6) is 11.5 Å². The number of benzene rings is 8. The molecule has 8 aromatic carbocycles. The average molecular weight is 1180 g/mol. The molecule has 0 saturated carbocycles. The molecule has 5 nitrogen and oxygen atoms in total. The SMILES string of the molecule is [2H]c1c([2H])c(-c2cccc(-c3ccc4c(c3)C(C)(C)CCC4(C)C)c2N2[CH-]N(c3[c-]c(Oc4[c-]c5c(cc4)c4c([2H])c([2H])c([2H])c([2H])c4n5-c4cc(C(C)(C)C)c(-c5ccccc5)cn4)ccc3)c3ccccc32)c([2H])c(C(C)(C)C)c1[2H].[Pt]. The van der Waals surface area contributed by atoms with Gasteiger partial charge in [-0.3, -0.25) is 0 Å². The van der Waals surface area contributed by atoms with Crippen molar-refractivity contribution in [2.45, 2.75) is 104 Å². The Labute approximate surface area is 475 Å². The van der Waals surface area contributed by atoms with Gasteiger partial charge in [0.25, 0.3) is 0 Å². The van der Waals surface area contributed by atoms with Gasteiger partial charge in [0.05, 0.1) is 11.0 Å². The third-order valence-electron chi connectivity index (χ3n) is 15.2. The third-order valence-corrected chi connectivity index (χ3v) is 15.2. The summed E-state index contributed by atoms with van der Waals surface area (Å²) in [5.41, 5.74) is 11.5. The first-order valence-corrected chi connectivity index (χ1v) is 25.9. The van der Waals surface area contributed by atoms with Crippen LogP contribution in [0.3, 0.4) is 0 Å². The molecule has 0 N–H and O–H groups in total. The Balaban J connectivity index is 0.00000736. The fourth-order valence-electron chi connectivity index (χ4n) is 11.0. The van der Waals surface area contributed by atoms with Crippen LogP contribution >= 0.6 is 0 Å². The molecular formula is C70H65N4OPt-3. The van der Waals surface area contributed by atoms with Crippen molar-refractivity contribution >= 4 is 44.6 Å². The summed E-state index contributed by atoms with van der Waals surface area (Å²) in [6.45, 7) is 23.5. The molecule has 384 valence electrons. The van der Waals surface area contributed by atoms with Crippen LogP contribution in [0.1, 0.15) is 115 Å². The Kier molecular flexibility index (Phi) is 10.6. The topological polar surface area (TPSA) is 33.5 Å². The predicted octanol–water partition coefficient (Wildman–Crippen LogP) is 18.9. The minimum atomic E-state index is -0.660. The van der Waals surface area contributed by atoms with Crippen molar-refractivity contribution in [3.05, 3.63) is 223 Å². The van der Waals surface area contributed by atoms with E-state index in [2.05, 4.69) is 102 Å². The molecule has 2 aliphatic rings. The van der Waals surface area contributed by atoms with Crippen LogP contribution in [0, 0.1) is 18.8 Å². The van der Waals surface area contributed by atoms with Crippen LogP contribution in [0.2, 0.25) is 0 Å². The van der Waals surface area contributed by atoms with Gasteiger partial charge < -0.3 is 19.1 Å². The standard InChI is InChI=1S/C70H65N4O.Pt/c1-67(2,3)49-24-18-23-47(39-49)53-28-20-29-54(48-33-36-58-60(40-48)70(9,10)38-37-69(58,7)8)66(53)73-45-72(62-31-16-17-32-63(62)73)50-25-19-26-51(41-50)75-52-34-35-56-55-27-14-15-30-61(55)74(64(56)42-52)65-43-59(68(4,5)6)57(44-71-65)46-21-12-11-13-22-46;/h11-36,39-40,43-45H,37-38H2,1-10H3;/q-3;/i14D,15D,18D,23D,24D,27D,30D,39D;. The summed E-state index contributed by atoms with van der Waals surface area (Å²) in [7, 11) is 0. The minimum Gasteiger partial charge on any atom is -0.509 e. The van der Waals surface area contributed by atoms with Crippen molar-refractivity contribution in [3.63, 3.8) is 0 Å². The zero-order valence-electron chi connectivity index (χ0n) is 52.7. The number of aromatic nitrogens is 2. The van der Waals surface area contributed by atoms with E-state index in [0.717, 1.165) is 57.7 Å². The smallest absolute Gasteiger partial charge is 0.135 e. The Bertz CT molecular complexity index is 4310. The fraction of sp³-hybridized carbons (Fsp3) is 0.229. The molecule has 0 saturated heterocycles. The molecule has 1 aliphatic carbocycles. The summed E-state index contributed by atoms with van der Waals surface area (Å²) >= 11 is 0. The molecule has 0 unspecified atom stereocenters. The summed E-state index contributed by atoms with van der Waals surface area (Å²) < 4.78 is 81.9. The zero-order valence-corrected chi connectivity index (χ0v) is 47.0. The molecule has 12 rings (SSSR count). The summed E-state index contributed by atoms with van der Waals surface area (Å²) in [6, 6.07) is 47.7. The van der Waals surface area contributed by atoms with Crippen LogP contribution in [0.4, 0.5) is 22.7 Å². The van der Waals surface area contributed by atoms with E-state index in [1.165, 1.54) is 11.1 Å². The Morgan fingerprint density at radius 2 is 1.28 bits per heavy atom. The molecule has 0 amide bonds. The number of ether oxygens (including phenoxy) is 1. The molecule has 6 heteroatoms. The first-order chi connectivity index (χ1) is 39.3. The third kappa shape index (κ3) is 9.05. The molecule has 76 heavy (non-hydrogen) atoms. The normalized spacial score (nSPS) is 16.3. The van der Waals surface area contributed by atoms with Gasteiger partial charge in [0.15, 0.2) is 0 Å². The minimum absolute atomic E-state index is 0. The van der Waals surface area contributed by atoms with Crippen LogP contribution in [0.15, 0.2) is 182 Å². The van der Waals surface area contributed by atoms with Gasteiger partial charge in [-0.25, -0.2) is 4.98 Å². The van der Waals surface area contributed by atoms with Crippen molar-refractivity contribution in [1.29, 1.82) is 0 Å². The van der Waals surface area contributed by atoms with Crippen LogP contribution in [0.25, 0.3) is 61.0 Å². The number of fused-ring (bicyclic) bond motifs is 5. The number of para-hydroxylation sites is 4. The van der Waals surface area contributed by atoms with Crippen molar-refractivity contribution in [3.8, 4) is 50.7 Å². The molecule has 1 aliphatic heterocycles. The molecule has 0 fully saturated rings. The molecule has 2 aromatic heterocycles. The van der Waals surface area contributed by atoms with E-state index >= 15 is 0 Å². The maximum Gasteiger partial charge on any atom is 0.135 e. The average Bonchev–Trinajstić information content (AvgIpc) is 2.50. The summed E-state index contributed by atoms with van der Waals surface area (Å²) in [5, 5.41) is 0.917. The Morgan fingerprint density at radius 1 is 0.592 bits per heavy atom. The predicted molar refractivity (Wildman–Crippen MR) is 313 cm³/mol. The number of nitrogens with zero attached hydrogens (tertiary/aromatic N) is 4. The number of anilines is 4. The molecule has 10 aromatic rings. The van der Waals surface area contributed by atoms with Gasteiger partial charge in [0, 0.05) is 78.0 Å². The first kappa shape index (κ1) is 42.0. The summed E-state index contributed by atoms with van der Waals surface area (Å²) in [5.74, 6) is 1.17. The van der Waals surface area contributed by atoms with Gasteiger partial charge in [-0.1, -0.05) is 196 Å². The van der Waals surface area contributed by atoms with Gasteiger partial charge in [-0.15, -0.1) is 48.1 Å². The van der Waals surface area contributed by atoms with Crippen LogP contribution in [-0.2, 0) is 42.7 Å². The fourth-order valence-corrected chi connectivity index (χ4v) is 11.0. The van der Waals surface area contributed by atoms with Crippen molar-refractivity contribution in [2.75, 3.05) is 9.80 Å². The van der Waals surface area contributed by atoms with E-state index in [9.17, 15) is 4.11 Å². The van der Waals surface area contributed by atoms with Crippen molar-refractivity contribution < 1.29 is 36.8 Å². The van der Waals surface area contributed by atoms with Gasteiger partial charge in [0.1, 0.15) is 5.82 Å². The quantitative estimate of drug-likeness (QED) is 0.142. The number of hydrogen-bond donors (Lipinski definition) is 0. The van der Waals surface area contributed by atoms with E-state index in [4.69, 9.17) is 16.6 Å². The van der Waals surface area contributed by atoms with Crippen LogP contribution < -0.4 is 14.5 Å². The molecule has 0 spiro atoms. The van der Waals surface area contributed by atoms with Crippen molar-refractivity contribution in [2.24, 2.45) is 0 Å². The van der Waals surface area contributed by atoms with E-state index in [1.54, 1.807) is 10.6 Å². The number of rotatable bonds is 8. The monoisotopic (exact) mass is 1180 g/mol. The van der Waals surface area contributed by atoms with Gasteiger partial charge in [0.2, 0.25) is 0 Å². The maximum atomic E-state index is 9.83. The van der Waals surface area contributed by atoms with E-state index in [0.29, 0.717) is 56.0 Å². The Morgan fingerprint density at radius 3 is 2.03 bits per heavy atom. The maximum absolute atomic E-state index is 9.83. The second-order valence-electron chi connectivity index (χ2n) is 23.4. The van der Waals surface area contributed by atoms with E-state index < -0.39 is 5.41 Å². The number of pyridine rings is 1. The molecule has 0 radical (unpaired) electrons. The molecule has 3 heterocycles. The molecule has 0 atom stereocenters. The zero-order chi connectivity index (χ0) is 59.0. The largest absolute Gasteiger partial charge is 0.509 e. The Hall–Kier alpha value is -7.20. The molecule has 0 bridgehead atoms. The van der Waals surface area contributed by atoms with Gasteiger partial charge in [-0.05, 0) is 103 Å². The van der Waals surface area contributed by atoms with E-state index in [1.807, 2.05) is 123 Å². The second-order valence-corrected chi connectivity index (χ2v) is 23.4. The van der Waals surface area contributed by atoms with Gasteiger partial charge >= 0.3 is 0 Å². The number of hydrogen-bond acceptors (Lipinski definition) is 4. The van der Waals surface area contributed by atoms with Gasteiger partial charge in [-0.2, -0.15) is 12.1 Å². The second kappa shape index (κ2) is 19.1. The first-order valence-electron chi connectivity index (χ1n) is 29.9. The summed E-state index contributed by atoms with van der Waals surface area (Å²) in [6.07, 6.45) is 3.95. The molecular weight excluding hydrogens is 1110 g/mol. The summed E-state index contributed by atoms with van der Waals surface area (Å²) in [4.78, 5) is 9.16.